The smallest absolute Gasteiger partial charge is 0.305 e. The summed E-state index contributed by atoms with van der Waals surface area (Å²) in [5.74, 6) is -0.930. The van der Waals surface area contributed by atoms with Crippen LogP contribution < -0.4 is 4.90 Å². The van der Waals surface area contributed by atoms with Crippen LogP contribution in [0.2, 0.25) is 0 Å². The first-order valence-electron chi connectivity index (χ1n) is 5.78. The van der Waals surface area contributed by atoms with E-state index in [2.05, 4.69) is 20.7 Å². The van der Waals surface area contributed by atoms with E-state index < -0.39 is 10.7 Å². The van der Waals surface area contributed by atoms with E-state index in [9.17, 15) is 19.3 Å². The summed E-state index contributed by atoms with van der Waals surface area (Å²) >= 11 is 2.92. The lowest BCUT2D eigenvalue weighted by Crippen LogP contribution is -2.21. The number of hydrogen-bond acceptors (Lipinski definition) is 5. The van der Waals surface area contributed by atoms with Gasteiger partial charge in [-0.3, -0.25) is 14.9 Å². The maximum Gasteiger partial charge on any atom is 0.305 e. The zero-order valence-electron chi connectivity index (χ0n) is 11.1. The molecule has 0 spiro atoms. The highest BCUT2D eigenvalue weighted by atomic mass is 79.9. The SMILES string of the molecule is COC(=O)CCCN(C)c1cc(F)c(Br)cc1[N+](=O)[O-]. The highest BCUT2D eigenvalue weighted by molar-refractivity contribution is 9.10. The molecule has 0 aromatic heterocycles. The Kier molecular flexibility index (Phi) is 5.87. The fraction of sp³-hybridized carbons (Fsp3) is 0.417. The zero-order chi connectivity index (χ0) is 15.3. The Balaban J connectivity index is 2.86. The molecule has 8 heteroatoms. The van der Waals surface area contributed by atoms with Gasteiger partial charge in [0.15, 0.2) is 0 Å². The van der Waals surface area contributed by atoms with Crippen LogP contribution in [0.15, 0.2) is 16.6 Å². The predicted octanol–water partition coefficient (Wildman–Crippen LogP) is 2.89. The van der Waals surface area contributed by atoms with Gasteiger partial charge in [-0.25, -0.2) is 4.39 Å². The maximum atomic E-state index is 13.5. The molecule has 0 amide bonds. The van der Waals surface area contributed by atoms with Crippen LogP contribution in [0.25, 0.3) is 0 Å². The molecular formula is C12H14BrFN2O4. The van der Waals surface area contributed by atoms with Gasteiger partial charge in [-0.1, -0.05) is 0 Å². The van der Waals surface area contributed by atoms with Gasteiger partial charge < -0.3 is 9.64 Å². The van der Waals surface area contributed by atoms with Crippen LogP contribution in [0.1, 0.15) is 12.8 Å². The Labute approximate surface area is 123 Å². The van der Waals surface area contributed by atoms with Gasteiger partial charge in [-0.15, -0.1) is 0 Å². The molecule has 0 fully saturated rings. The molecular weight excluding hydrogens is 335 g/mol. The minimum absolute atomic E-state index is 0.0379. The third-order valence-electron chi connectivity index (χ3n) is 2.73. The van der Waals surface area contributed by atoms with Gasteiger partial charge in [0.2, 0.25) is 0 Å². The number of halogens is 2. The van der Waals surface area contributed by atoms with Gasteiger partial charge in [0.25, 0.3) is 5.69 Å². The zero-order valence-corrected chi connectivity index (χ0v) is 12.6. The number of nitrogens with zero attached hydrogens (tertiary/aromatic N) is 2. The second-order valence-electron chi connectivity index (χ2n) is 4.11. The fourth-order valence-corrected chi connectivity index (χ4v) is 1.99. The molecule has 0 bridgehead atoms. The van der Waals surface area contributed by atoms with Crippen molar-refractivity contribution in [2.75, 3.05) is 25.6 Å². The summed E-state index contributed by atoms with van der Waals surface area (Å²) in [7, 11) is 2.90. The molecule has 0 aliphatic carbocycles. The summed E-state index contributed by atoms with van der Waals surface area (Å²) in [5.41, 5.74) is -0.0283. The molecule has 0 atom stereocenters. The van der Waals surface area contributed by atoms with Gasteiger partial charge in [0.05, 0.1) is 16.5 Å². The van der Waals surface area contributed by atoms with Crippen molar-refractivity contribution in [1.29, 1.82) is 0 Å². The molecule has 1 aromatic rings. The van der Waals surface area contributed by atoms with E-state index in [0.29, 0.717) is 13.0 Å². The summed E-state index contributed by atoms with van der Waals surface area (Å²) in [6.45, 7) is 0.372. The molecule has 0 radical (unpaired) electrons. The van der Waals surface area contributed by atoms with E-state index >= 15 is 0 Å². The van der Waals surface area contributed by atoms with Gasteiger partial charge in [-0.2, -0.15) is 0 Å². The summed E-state index contributed by atoms with van der Waals surface area (Å²) in [5, 5.41) is 11.0. The monoisotopic (exact) mass is 348 g/mol. The minimum Gasteiger partial charge on any atom is -0.469 e. The van der Waals surface area contributed by atoms with Crippen molar-refractivity contribution in [3.63, 3.8) is 0 Å². The highest BCUT2D eigenvalue weighted by Gasteiger charge is 2.20. The lowest BCUT2D eigenvalue weighted by atomic mass is 10.2. The summed E-state index contributed by atoms with van der Waals surface area (Å²) in [4.78, 5) is 22.9. The second-order valence-corrected chi connectivity index (χ2v) is 4.97. The Morgan fingerprint density at radius 3 is 2.75 bits per heavy atom. The van der Waals surface area contributed by atoms with Crippen LogP contribution >= 0.6 is 15.9 Å². The number of hydrogen-bond donors (Lipinski definition) is 0. The van der Waals surface area contributed by atoms with E-state index in [-0.39, 0.29) is 28.2 Å². The minimum atomic E-state index is -0.578. The number of methoxy groups -OCH3 is 1. The first-order chi connectivity index (χ1) is 9.36. The van der Waals surface area contributed by atoms with E-state index in [0.717, 1.165) is 12.1 Å². The molecule has 0 aliphatic rings. The molecule has 0 heterocycles. The maximum absolute atomic E-state index is 13.5. The Morgan fingerprint density at radius 2 is 2.20 bits per heavy atom. The van der Waals surface area contributed by atoms with Crippen LogP contribution in [0.5, 0.6) is 0 Å². The number of nitro groups is 1. The van der Waals surface area contributed by atoms with E-state index in [1.165, 1.54) is 12.0 Å². The summed E-state index contributed by atoms with van der Waals surface area (Å²) < 4.78 is 18.1. The number of esters is 1. The number of carbonyl (C=O) groups is 1. The first kappa shape index (κ1) is 16.4. The number of rotatable bonds is 6. The number of ether oxygens (including phenoxy) is 1. The Hall–Kier alpha value is -1.70. The third kappa shape index (κ3) is 4.16. The second kappa shape index (κ2) is 7.18. The van der Waals surface area contributed by atoms with Crippen molar-refractivity contribution in [3.8, 4) is 0 Å². The molecule has 0 N–H and O–H groups in total. The largest absolute Gasteiger partial charge is 0.469 e. The van der Waals surface area contributed by atoms with E-state index in [1.807, 2.05) is 0 Å². The van der Waals surface area contributed by atoms with Crippen molar-refractivity contribution in [3.05, 3.63) is 32.5 Å². The van der Waals surface area contributed by atoms with Gasteiger partial charge in [0.1, 0.15) is 11.5 Å². The number of anilines is 1. The average molecular weight is 349 g/mol. The third-order valence-corrected chi connectivity index (χ3v) is 3.34. The standard InChI is InChI=1S/C12H14BrFN2O4/c1-15(5-3-4-12(17)20-2)10-7-9(14)8(13)6-11(10)16(18)19/h6-7H,3-5H2,1-2H3. The topological polar surface area (TPSA) is 72.7 Å². The first-order valence-corrected chi connectivity index (χ1v) is 6.57. The molecule has 20 heavy (non-hydrogen) atoms. The van der Waals surface area contributed by atoms with E-state index in [4.69, 9.17) is 0 Å². The van der Waals surface area contributed by atoms with Crippen molar-refractivity contribution < 1.29 is 18.8 Å². The number of carbonyl (C=O) groups excluding carboxylic acids is 1. The van der Waals surface area contributed by atoms with Crippen molar-refractivity contribution in [2.24, 2.45) is 0 Å². The quantitative estimate of drug-likeness (QED) is 0.449. The van der Waals surface area contributed by atoms with Crippen LogP contribution in [0.4, 0.5) is 15.8 Å². The van der Waals surface area contributed by atoms with Gasteiger partial charge in [0, 0.05) is 32.1 Å². The van der Waals surface area contributed by atoms with Crippen LogP contribution in [-0.4, -0.2) is 31.6 Å². The average Bonchev–Trinajstić information content (AvgIpc) is 2.40. The Morgan fingerprint density at radius 1 is 1.55 bits per heavy atom. The molecule has 6 nitrogen and oxygen atoms in total. The predicted molar refractivity (Wildman–Crippen MR) is 75.3 cm³/mol. The highest BCUT2D eigenvalue weighted by Crippen LogP contribution is 2.32. The summed E-state index contributed by atoms with van der Waals surface area (Å²) in [6.07, 6.45) is 0.658. The molecule has 1 rings (SSSR count). The van der Waals surface area contributed by atoms with E-state index in [1.54, 1.807) is 7.05 Å². The van der Waals surface area contributed by atoms with Crippen molar-refractivity contribution in [1.82, 2.24) is 0 Å². The molecule has 0 saturated heterocycles. The molecule has 1 aromatic carbocycles. The fourth-order valence-electron chi connectivity index (χ4n) is 1.66. The molecule has 110 valence electrons. The van der Waals surface area contributed by atoms with Crippen LogP contribution in [-0.2, 0) is 9.53 Å². The lowest BCUT2D eigenvalue weighted by Gasteiger charge is -2.19. The number of benzene rings is 1. The van der Waals surface area contributed by atoms with Gasteiger partial charge >= 0.3 is 5.97 Å². The van der Waals surface area contributed by atoms with Crippen molar-refractivity contribution in [2.45, 2.75) is 12.8 Å². The normalized spacial score (nSPS) is 10.2. The molecule has 0 unspecified atom stereocenters. The van der Waals surface area contributed by atoms with Crippen LogP contribution in [0.3, 0.4) is 0 Å². The lowest BCUT2D eigenvalue weighted by molar-refractivity contribution is -0.384. The van der Waals surface area contributed by atoms with Crippen LogP contribution in [0, 0.1) is 15.9 Å². The van der Waals surface area contributed by atoms with Gasteiger partial charge in [-0.05, 0) is 22.4 Å². The number of nitro benzene ring substituents is 1. The molecule has 0 saturated carbocycles. The Bertz CT molecular complexity index is 524. The molecule has 0 aliphatic heterocycles. The summed E-state index contributed by atoms with van der Waals surface area (Å²) in [6, 6.07) is 2.22. The van der Waals surface area contributed by atoms with Crippen molar-refractivity contribution >= 4 is 33.3 Å².